The number of piperidine rings is 1. The summed E-state index contributed by atoms with van der Waals surface area (Å²) in [6.07, 6.45) is 1.68. The fraction of sp³-hybridized carbons (Fsp3) is 0.579. The first-order chi connectivity index (χ1) is 11.3. The molecule has 1 aliphatic rings. The van der Waals surface area contributed by atoms with E-state index >= 15 is 0 Å². The van der Waals surface area contributed by atoms with Crippen LogP contribution in [0, 0.1) is 11.3 Å². The number of nitrogens with zero attached hydrogens (tertiary/aromatic N) is 1. The minimum Gasteiger partial charge on any atom is -0.494 e. The molecule has 2 rings (SSSR count). The quantitative estimate of drug-likeness (QED) is 0.920. The van der Waals surface area contributed by atoms with E-state index < -0.39 is 5.41 Å². The maximum atomic E-state index is 12.5. The second-order valence-corrected chi connectivity index (χ2v) is 7.29. The second kappa shape index (κ2) is 7.69. The van der Waals surface area contributed by atoms with Gasteiger partial charge in [0, 0.05) is 24.2 Å². The second-order valence-electron chi connectivity index (χ2n) is 7.29. The third-order valence-electron chi connectivity index (χ3n) is 4.15. The molecular weight excluding hydrogens is 304 g/mol. The van der Waals surface area contributed by atoms with Gasteiger partial charge >= 0.3 is 0 Å². The number of ether oxygens (including phenoxy) is 1. The number of likely N-dealkylation sites (tertiary alicyclic amines) is 1. The van der Waals surface area contributed by atoms with Crippen molar-refractivity contribution in [2.45, 2.75) is 40.5 Å². The summed E-state index contributed by atoms with van der Waals surface area (Å²) < 4.78 is 5.40. The Kier molecular flexibility index (Phi) is 5.86. The molecule has 5 nitrogen and oxygen atoms in total. The minimum absolute atomic E-state index is 0.0226. The molecule has 2 amide bonds. The average molecular weight is 332 g/mol. The Morgan fingerprint density at radius 1 is 1.25 bits per heavy atom. The molecule has 1 aliphatic heterocycles. The van der Waals surface area contributed by atoms with Crippen molar-refractivity contribution < 1.29 is 14.3 Å². The summed E-state index contributed by atoms with van der Waals surface area (Å²) in [5, 5.41) is 2.95. The van der Waals surface area contributed by atoms with E-state index in [1.165, 1.54) is 0 Å². The Labute approximate surface area is 144 Å². The van der Waals surface area contributed by atoms with Crippen molar-refractivity contribution in [3.05, 3.63) is 24.3 Å². The maximum absolute atomic E-state index is 12.5. The normalized spacial score (nSPS) is 18.2. The van der Waals surface area contributed by atoms with Gasteiger partial charge in [0.1, 0.15) is 5.75 Å². The van der Waals surface area contributed by atoms with Gasteiger partial charge in [0.15, 0.2) is 0 Å². The first-order valence-corrected chi connectivity index (χ1v) is 8.64. The zero-order chi connectivity index (χ0) is 17.7. The van der Waals surface area contributed by atoms with Crippen molar-refractivity contribution >= 4 is 17.5 Å². The van der Waals surface area contributed by atoms with Crippen LogP contribution in [0.5, 0.6) is 5.75 Å². The smallest absolute Gasteiger partial charge is 0.229 e. The van der Waals surface area contributed by atoms with E-state index in [2.05, 4.69) is 5.32 Å². The summed E-state index contributed by atoms with van der Waals surface area (Å²) in [6, 6.07) is 7.36. The fourth-order valence-electron chi connectivity index (χ4n) is 2.90. The van der Waals surface area contributed by atoms with E-state index in [0.29, 0.717) is 13.2 Å². The lowest BCUT2D eigenvalue weighted by Gasteiger charge is -2.35. The van der Waals surface area contributed by atoms with Crippen LogP contribution in [0.1, 0.15) is 40.5 Å². The van der Waals surface area contributed by atoms with Gasteiger partial charge in [-0.15, -0.1) is 0 Å². The molecule has 1 N–H and O–H groups in total. The number of amides is 2. The van der Waals surface area contributed by atoms with Crippen molar-refractivity contribution in [3.63, 3.8) is 0 Å². The van der Waals surface area contributed by atoms with Gasteiger partial charge in [-0.25, -0.2) is 0 Å². The highest BCUT2D eigenvalue weighted by atomic mass is 16.5. The Hall–Kier alpha value is -2.04. The summed E-state index contributed by atoms with van der Waals surface area (Å²) in [7, 11) is 0. The van der Waals surface area contributed by atoms with Crippen molar-refractivity contribution in [1.82, 2.24) is 4.90 Å². The lowest BCUT2D eigenvalue weighted by Crippen LogP contribution is -2.47. The summed E-state index contributed by atoms with van der Waals surface area (Å²) in [6.45, 7) is 9.54. The molecule has 1 heterocycles. The van der Waals surface area contributed by atoms with Crippen LogP contribution in [0.3, 0.4) is 0 Å². The van der Waals surface area contributed by atoms with Crippen LogP contribution in [-0.4, -0.2) is 36.4 Å². The highest BCUT2D eigenvalue weighted by Gasteiger charge is 2.33. The van der Waals surface area contributed by atoms with E-state index in [4.69, 9.17) is 4.74 Å². The van der Waals surface area contributed by atoms with Crippen LogP contribution < -0.4 is 10.1 Å². The summed E-state index contributed by atoms with van der Waals surface area (Å²) in [5.41, 5.74) is 0.343. The molecule has 0 spiro atoms. The molecule has 0 radical (unpaired) electrons. The summed E-state index contributed by atoms with van der Waals surface area (Å²) in [5.74, 6) is 0.721. The molecule has 1 saturated heterocycles. The van der Waals surface area contributed by atoms with Gasteiger partial charge in [-0.1, -0.05) is 20.8 Å². The van der Waals surface area contributed by atoms with E-state index in [1.54, 1.807) is 0 Å². The lowest BCUT2D eigenvalue weighted by atomic mass is 9.91. The number of carbonyl (C=O) groups excluding carboxylic acids is 2. The minimum atomic E-state index is -0.409. The van der Waals surface area contributed by atoms with Gasteiger partial charge < -0.3 is 15.0 Å². The molecule has 132 valence electrons. The molecule has 1 aromatic rings. The Balaban J connectivity index is 1.95. The van der Waals surface area contributed by atoms with Crippen molar-refractivity contribution in [3.8, 4) is 5.75 Å². The Morgan fingerprint density at radius 2 is 1.92 bits per heavy atom. The SMILES string of the molecule is CCOc1ccc(NC(=O)C2CCCN(C(=O)C(C)(C)C)C2)cc1. The highest BCUT2D eigenvalue weighted by Crippen LogP contribution is 2.24. The van der Waals surface area contributed by atoms with Gasteiger partial charge in [-0.05, 0) is 44.0 Å². The standard InChI is InChI=1S/C19H28N2O3/c1-5-24-16-10-8-15(9-11-16)20-17(22)14-7-6-12-21(13-14)18(23)19(2,3)4/h8-11,14H,5-7,12-13H2,1-4H3,(H,20,22). The Morgan fingerprint density at radius 3 is 2.50 bits per heavy atom. The first kappa shape index (κ1) is 18.3. The van der Waals surface area contributed by atoms with Gasteiger partial charge in [0.05, 0.1) is 12.5 Å². The van der Waals surface area contributed by atoms with Gasteiger partial charge in [-0.3, -0.25) is 9.59 Å². The van der Waals surface area contributed by atoms with Crippen molar-refractivity contribution in [1.29, 1.82) is 0 Å². The van der Waals surface area contributed by atoms with Crippen molar-refractivity contribution in [2.75, 3.05) is 25.0 Å². The summed E-state index contributed by atoms with van der Waals surface area (Å²) in [4.78, 5) is 26.8. The van der Waals surface area contributed by atoms with Gasteiger partial charge in [0.2, 0.25) is 11.8 Å². The molecule has 1 atom stereocenters. The van der Waals surface area contributed by atoms with Crippen LogP contribution in [0.4, 0.5) is 5.69 Å². The monoisotopic (exact) mass is 332 g/mol. The van der Waals surface area contributed by atoms with Gasteiger partial charge in [-0.2, -0.15) is 0 Å². The zero-order valence-corrected chi connectivity index (χ0v) is 15.1. The largest absolute Gasteiger partial charge is 0.494 e. The molecule has 0 aliphatic carbocycles. The van der Waals surface area contributed by atoms with Crippen LogP contribution >= 0.6 is 0 Å². The van der Waals surface area contributed by atoms with Crippen LogP contribution in [0.15, 0.2) is 24.3 Å². The van der Waals surface area contributed by atoms with E-state index in [9.17, 15) is 9.59 Å². The number of benzene rings is 1. The molecule has 1 fully saturated rings. The molecular formula is C19H28N2O3. The molecule has 24 heavy (non-hydrogen) atoms. The topological polar surface area (TPSA) is 58.6 Å². The molecule has 5 heteroatoms. The van der Waals surface area contributed by atoms with Crippen LogP contribution in [0.25, 0.3) is 0 Å². The lowest BCUT2D eigenvalue weighted by molar-refractivity contribution is -0.142. The summed E-state index contributed by atoms with van der Waals surface area (Å²) >= 11 is 0. The third kappa shape index (κ3) is 4.73. The molecule has 0 bridgehead atoms. The highest BCUT2D eigenvalue weighted by molar-refractivity contribution is 5.93. The molecule has 0 saturated carbocycles. The average Bonchev–Trinajstić information content (AvgIpc) is 2.55. The van der Waals surface area contributed by atoms with E-state index in [1.807, 2.05) is 56.9 Å². The third-order valence-corrected chi connectivity index (χ3v) is 4.15. The molecule has 1 unspecified atom stereocenters. The maximum Gasteiger partial charge on any atom is 0.229 e. The zero-order valence-electron chi connectivity index (χ0n) is 15.1. The van der Waals surface area contributed by atoms with Crippen LogP contribution in [-0.2, 0) is 9.59 Å². The van der Waals surface area contributed by atoms with Gasteiger partial charge in [0.25, 0.3) is 0 Å². The van der Waals surface area contributed by atoms with Crippen molar-refractivity contribution in [2.24, 2.45) is 11.3 Å². The van der Waals surface area contributed by atoms with Crippen LogP contribution in [0.2, 0.25) is 0 Å². The molecule has 1 aromatic carbocycles. The number of hydrogen-bond acceptors (Lipinski definition) is 3. The first-order valence-electron chi connectivity index (χ1n) is 8.64. The molecule has 0 aromatic heterocycles. The number of nitrogens with one attached hydrogen (secondary N) is 1. The van der Waals surface area contributed by atoms with E-state index in [0.717, 1.165) is 30.8 Å². The number of anilines is 1. The van der Waals surface area contributed by atoms with E-state index in [-0.39, 0.29) is 17.7 Å². The number of rotatable bonds is 4. The predicted molar refractivity (Wildman–Crippen MR) is 95.0 cm³/mol. The Bertz CT molecular complexity index is 575. The number of hydrogen-bond donors (Lipinski definition) is 1. The number of carbonyl (C=O) groups is 2. The predicted octanol–water partition coefficient (Wildman–Crippen LogP) is 3.31. The fourth-order valence-corrected chi connectivity index (χ4v) is 2.90.